The Hall–Kier alpha value is -0.610. The summed E-state index contributed by atoms with van der Waals surface area (Å²) in [6, 6.07) is 0.396. The number of carbonyl (C=O) groups excluding carboxylic acids is 1. The van der Waals surface area contributed by atoms with E-state index in [1.54, 1.807) is 0 Å². The first-order chi connectivity index (χ1) is 7.65. The van der Waals surface area contributed by atoms with Crippen LogP contribution >= 0.6 is 0 Å². The van der Waals surface area contributed by atoms with Crippen molar-refractivity contribution < 1.29 is 9.90 Å². The molecule has 16 heavy (non-hydrogen) atoms. The van der Waals surface area contributed by atoms with Gasteiger partial charge in [0, 0.05) is 12.6 Å². The molecule has 0 bridgehead atoms. The molecule has 0 radical (unpaired) electrons. The quantitative estimate of drug-likeness (QED) is 0.603. The summed E-state index contributed by atoms with van der Waals surface area (Å²) in [7, 11) is 1.98. The molecule has 0 aliphatic heterocycles. The first kappa shape index (κ1) is 13.5. The molecule has 0 aromatic heterocycles. The fourth-order valence-electron chi connectivity index (χ4n) is 1.59. The molecule has 1 fully saturated rings. The van der Waals surface area contributed by atoms with Crippen molar-refractivity contribution >= 4 is 5.91 Å². The fourth-order valence-corrected chi connectivity index (χ4v) is 1.59. The van der Waals surface area contributed by atoms with Crippen molar-refractivity contribution in [2.24, 2.45) is 0 Å². The van der Waals surface area contributed by atoms with Crippen molar-refractivity contribution in [2.45, 2.75) is 51.1 Å². The molecule has 1 unspecified atom stereocenters. The van der Waals surface area contributed by atoms with E-state index in [-0.39, 0.29) is 18.6 Å². The molecule has 1 atom stereocenters. The number of likely N-dealkylation sites (N-methyl/N-ethyl adjacent to an activating group) is 1. The van der Waals surface area contributed by atoms with Gasteiger partial charge in [0.05, 0.1) is 6.04 Å². The summed E-state index contributed by atoms with van der Waals surface area (Å²) < 4.78 is 0. The number of carbonyl (C=O) groups is 1. The molecule has 1 aliphatic rings. The lowest BCUT2D eigenvalue weighted by Crippen LogP contribution is -2.44. The van der Waals surface area contributed by atoms with Crippen molar-refractivity contribution in [1.82, 2.24) is 10.2 Å². The van der Waals surface area contributed by atoms with Crippen LogP contribution < -0.4 is 5.32 Å². The first-order valence-corrected chi connectivity index (χ1v) is 6.26. The topological polar surface area (TPSA) is 52.6 Å². The van der Waals surface area contributed by atoms with Crippen LogP contribution in [0.25, 0.3) is 0 Å². The zero-order valence-corrected chi connectivity index (χ0v) is 10.4. The minimum absolute atomic E-state index is 0.0465. The maximum absolute atomic E-state index is 11.7. The summed E-state index contributed by atoms with van der Waals surface area (Å²) in [5.74, 6) is 0.146. The van der Waals surface area contributed by atoms with Gasteiger partial charge in [-0.1, -0.05) is 0 Å². The van der Waals surface area contributed by atoms with Crippen LogP contribution in [0.15, 0.2) is 0 Å². The lowest BCUT2D eigenvalue weighted by molar-refractivity contribution is -0.125. The number of unbranched alkanes of at least 4 members (excludes halogenated alkanes) is 2. The second kappa shape index (κ2) is 6.86. The summed E-state index contributed by atoms with van der Waals surface area (Å²) in [6.45, 7) is 3.13. The number of aliphatic hydroxyl groups excluding tert-OH is 1. The van der Waals surface area contributed by atoms with Crippen molar-refractivity contribution in [2.75, 3.05) is 20.2 Å². The zero-order chi connectivity index (χ0) is 12.0. The van der Waals surface area contributed by atoms with Gasteiger partial charge < -0.3 is 10.4 Å². The van der Waals surface area contributed by atoms with E-state index in [0.717, 1.165) is 38.6 Å². The number of aliphatic hydroxyl groups is 1. The molecule has 1 rings (SSSR count). The van der Waals surface area contributed by atoms with E-state index >= 15 is 0 Å². The van der Waals surface area contributed by atoms with Gasteiger partial charge in [0.25, 0.3) is 0 Å². The predicted octanol–water partition coefficient (Wildman–Crippen LogP) is 0.748. The molecule has 2 N–H and O–H groups in total. The van der Waals surface area contributed by atoms with E-state index in [0.29, 0.717) is 6.04 Å². The average Bonchev–Trinajstić information content (AvgIpc) is 3.06. The molecule has 0 aromatic rings. The van der Waals surface area contributed by atoms with Crippen LogP contribution in [0, 0.1) is 0 Å². The van der Waals surface area contributed by atoms with E-state index in [9.17, 15) is 4.79 Å². The number of nitrogens with one attached hydrogen (secondary N) is 1. The maximum Gasteiger partial charge on any atom is 0.237 e. The smallest absolute Gasteiger partial charge is 0.237 e. The van der Waals surface area contributed by atoms with Crippen molar-refractivity contribution in [3.05, 3.63) is 0 Å². The van der Waals surface area contributed by atoms with Crippen LogP contribution in [0.1, 0.15) is 39.0 Å². The van der Waals surface area contributed by atoms with Gasteiger partial charge in [-0.15, -0.1) is 0 Å². The molecular weight excluding hydrogens is 204 g/mol. The number of nitrogens with zero attached hydrogens (tertiary/aromatic N) is 1. The third kappa shape index (κ3) is 4.94. The average molecular weight is 228 g/mol. The van der Waals surface area contributed by atoms with E-state index in [1.165, 1.54) is 0 Å². The van der Waals surface area contributed by atoms with Crippen molar-refractivity contribution in [1.29, 1.82) is 0 Å². The third-order valence-electron chi connectivity index (χ3n) is 3.13. The molecule has 0 aromatic carbocycles. The Bertz CT molecular complexity index is 217. The summed E-state index contributed by atoms with van der Waals surface area (Å²) in [5.41, 5.74) is 0. The Morgan fingerprint density at radius 1 is 1.44 bits per heavy atom. The molecule has 1 saturated carbocycles. The predicted molar refractivity (Wildman–Crippen MR) is 64.2 cm³/mol. The molecule has 4 heteroatoms. The number of rotatable bonds is 8. The number of hydrogen-bond acceptors (Lipinski definition) is 3. The summed E-state index contributed by atoms with van der Waals surface area (Å²) in [6.07, 6.45) is 5.20. The summed E-state index contributed by atoms with van der Waals surface area (Å²) >= 11 is 0. The van der Waals surface area contributed by atoms with E-state index in [4.69, 9.17) is 5.11 Å². The molecule has 94 valence electrons. The molecule has 0 spiro atoms. The standard InChI is InChI=1S/C12H24N2O2/c1-10(12(16)13-11-6-7-11)14(2)8-4-3-5-9-15/h10-11,15H,3-9H2,1-2H3,(H,13,16). The second-order valence-corrected chi connectivity index (χ2v) is 4.72. The van der Waals surface area contributed by atoms with Crippen LogP contribution in [0.2, 0.25) is 0 Å². The van der Waals surface area contributed by atoms with Crippen LogP contribution in [0.4, 0.5) is 0 Å². The largest absolute Gasteiger partial charge is 0.396 e. The normalized spacial score (nSPS) is 17.5. The SMILES string of the molecule is CC(C(=O)NC1CC1)N(C)CCCCCO. The van der Waals surface area contributed by atoms with Gasteiger partial charge in [0.2, 0.25) is 5.91 Å². The molecule has 4 nitrogen and oxygen atoms in total. The van der Waals surface area contributed by atoms with E-state index in [2.05, 4.69) is 10.2 Å². The Kier molecular flexibility index (Phi) is 5.77. The Morgan fingerprint density at radius 3 is 2.69 bits per heavy atom. The second-order valence-electron chi connectivity index (χ2n) is 4.72. The highest BCUT2D eigenvalue weighted by molar-refractivity contribution is 5.81. The minimum atomic E-state index is -0.0465. The summed E-state index contributed by atoms with van der Waals surface area (Å²) in [5, 5.41) is 11.7. The maximum atomic E-state index is 11.7. The Morgan fingerprint density at radius 2 is 2.12 bits per heavy atom. The highest BCUT2D eigenvalue weighted by Gasteiger charge is 2.26. The van der Waals surface area contributed by atoms with Crippen LogP contribution in [-0.4, -0.2) is 48.2 Å². The fraction of sp³-hybridized carbons (Fsp3) is 0.917. The van der Waals surface area contributed by atoms with E-state index in [1.807, 2.05) is 14.0 Å². The number of hydrogen-bond donors (Lipinski definition) is 2. The zero-order valence-electron chi connectivity index (χ0n) is 10.4. The molecular formula is C12H24N2O2. The van der Waals surface area contributed by atoms with Gasteiger partial charge in [-0.25, -0.2) is 0 Å². The third-order valence-corrected chi connectivity index (χ3v) is 3.13. The first-order valence-electron chi connectivity index (χ1n) is 6.26. The van der Waals surface area contributed by atoms with E-state index < -0.39 is 0 Å². The lowest BCUT2D eigenvalue weighted by atomic mass is 10.2. The summed E-state index contributed by atoms with van der Waals surface area (Å²) in [4.78, 5) is 13.8. The molecule has 1 aliphatic carbocycles. The number of amides is 1. The van der Waals surface area contributed by atoms with Gasteiger partial charge in [-0.2, -0.15) is 0 Å². The van der Waals surface area contributed by atoms with Crippen molar-refractivity contribution in [3.8, 4) is 0 Å². The highest BCUT2D eigenvalue weighted by atomic mass is 16.2. The lowest BCUT2D eigenvalue weighted by Gasteiger charge is -2.23. The molecule has 0 saturated heterocycles. The molecule has 0 heterocycles. The van der Waals surface area contributed by atoms with Gasteiger partial charge in [-0.3, -0.25) is 9.69 Å². The Labute approximate surface area is 98.0 Å². The Balaban J connectivity index is 2.12. The van der Waals surface area contributed by atoms with Crippen LogP contribution in [0.3, 0.4) is 0 Å². The van der Waals surface area contributed by atoms with Crippen LogP contribution in [0.5, 0.6) is 0 Å². The van der Waals surface area contributed by atoms with Gasteiger partial charge >= 0.3 is 0 Å². The monoisotopic (exact) mass is 228 g/mol. The highest BCUT2D eigenvalue weighted by Crippen LogP contribution is 2.18. The molecule has 1 amide bonds. The van der Waals surface area contributed by atoms with Crippen LogP contribution in [-0.2, 0) is 4.79 Å². The van der Waals surface area contributed by atoms with Crippen molar-refractivity contribution in [3.63, 3.8) is 0 Å². The van der Waals surface area contributed by atoms with Gasteiger partial charge in [0.1, 0.15) is 0 Å². The van der Waals surface area contributed by atoms with Gasteiger partial charge in [0.15, 0.2) is 0 Å². The van der Waals surface area contributed by atoms with Gasteiger partial charge in [-0.05, 0) is 52.6 Å². The minimum Gasteiger partial charge on any atom is -0.396 e.